The van der Waals surface area contributed by atoms with E-state index in [0.717, 1.165) is 25.7 Å². The third kappa shape index (κ3) is 4.99. The van der Waals surface area contributed by atoms with Crippen LogP contribution in [-0.4, -0.2) is 17.3 Å². The van der Waals surface area contributed by atoms with Gasteiger partial charge in [0.1, 0.15) is 0 Å². The number of unbranched alkanes of at least 4 members (excludes halogenated alkanes) is 2. The Hall–Kier alpha value is -0.730. The summed E-state index contributed by atoms with van der Waals surface area (Å²) in [6, 6.07) is -0.299. The molecule has 4 heteroatoms. The monoisotopic (exact) mass is 171 g/mol. The zero-order valence-corrected chi connectivity index (χ0v) is 7.77. The number of nitrogens with zero attached hydrogens (tertiary/aromatic N) is 3. The van der Waals surface area contributed by atoms with Crippen molar-refractivity contribution in [3.63, 3.8) is 0 Å². The van der Waals surface area contributed by atoms with Crippen molar-refractivity contribution in [2.75, 3.05) is 0 Å². The lowest BCUT2D eigenvalue weighted by Gasteiger charge is -2.12. The zero-order chi connectivity index (χ0) is 9.40. The minimum Gasteiger partial charge on any atom is -0.393 e. The van der Waals surface area contributed by atoms with Crippen LogP contribution in [0.1, 0.15) is 39.5 Å². The van der Waals surface area contributed by atoms with Crippen LogP contribution in [0.2, 0.25) is 0 Å². The Balaban J connectivity index is 3.55. The minimum atomic E-state index is -0.479. The van der Waals surface area contributed by atoms with Gasteiger partial charge in [0.25, 0.3) is 0 Å². The summed E-state index contributed by atoms with van der Waals surface area (Å²) in [7, 11) is 0. The molecule has 0 aromatic rings. The van der Waals surface area contributed by atoms with Gasteiger partial charge in [-0.1, -0.05) is 38.2 Å². The molecule has 0 aliphatic carbocycles. The van der Waals surface area contributed by atoms with E-state index in [4.69, 9.17) is 5.53 Å². The van der Waals surface area contributed by atoms with Crippen molar-refractivity contribution in [3.8, 4) is 0 Å². The van der Waals surface area contributed by atoms with Gasteiger partial charge in [0.05, 0.1) is 12.1 Å². The van der Waals surface area contributed by atoms with Gasteiger partial charge in [0.15, 0.2) is 0 Å². The number of aliphatic hydroxyl groups excluding tert-OH is 1. The van der Waals surface area contributed by atoms with Crippen molar-refractivity contribution in [3.05, 3.63) is 10.4 Å². The minimum absolute atomic E-state index is 0.299. The molecule has 0 rings (SSSR count). The van der Waals surface area contributed by atoms with Crippen LogP contribution >= 0.6 is 0 Å². The molecule has 0 aromatic heterocycles. The lowest BCUT2D eigenvalue weighted by molar-refractivity contribution is 0.138. The smallest absolute Gasteiger partial charge is 0.0622 e. The van der Waals surface area contributed by atoms with E-state index >= 15 is 0 Å². The van der Waals surface area contributed by atoms with Crippen LogP contribution in [0.5, 0.6) is 0 Å². The Bertz CT molecular complexity index is 154. The molecule has 0 amide bonds. The lowest BCUT2D eigenvalue weighted by Crippen LogP contribution is -2.20. The highest BCUT2D eigenvalue weighted by molar-refractivity contribution is 4.70. The van der Waals surface area contributed by atoms with Crippen molar-refractivity contribution < 1.29 is 5.11 Å². The molecule has 70 valence electrons. The van der Waals surface area contributed by atoms with E-state index in [1.807, 2.05) is 0 Å². The Kier molecular flexibility index (Phi) is 6.53. The fourth-order valence-electron chi connectivity index (χ4n) is 1.00. The van der Waals surface area contributed by atoms with Gasteiger partial charge in [0, 0.05) is 4.91 Å². The number of azide groups is 1. The Morgan fingerprint density at radius 2 is 2.17 bits per heavy atom. The van der Waals surface area contributed by atoms with Crippen molar-refractivity contribution in [2.24, 2.45) is 5.11 Å². The highest BCUT2D eigenvalue weighted by Crippen LogP contribution is 2.08. The first-order valence-corrected chi connectivity index (χ1v) is 4.44. The third-order valence-electron chi connectivity index (χ3n) is 1.89. The molecule has 0 aromatic carbocycles. The lowest BCUT2D eigenvalue weighted by atomic mass is 10.1. The molecule has 0 aliphatic rings. The summed E-state index contributed by atoms with van der Waals surface area (Å²) in [5, 5.41) is 12.8. The SMILES string of the molecule is CCCCC[C@H](O)[C@H](C)N=[N+]=[N-]. The molecule has 0 unspecified atom stereocenters. The third-order valence-corrected chi connectivity index (χ3v) is 1.89. The number of aliphatic hydroxyl groups is 1. The molecule has 4 nitrogen and oxygen atoms in total. The van der Waals surface area contributed by atoms with Gasteiger partial charge >= 0.3 is 0 Å². The van der Waals surface area contributed by atoms with Crippen molar-refractivity contribution in [2.45, 2.75) is 51.7 Å². The van der Waals surface area contributed by atoms with Crippen LogP contribution in [-0.2, 0) is 0 Å². The number of rotatable bonds is 6. The molecular weight excluding hydrogens is 154 g/mol. The summed E-state index contributed by atoms with van der Waals surface area (Å²) in [4.78, 5) is 2.65. The Morgan fingerprint density at radius 3 is 2.67 bits per heavy atom. The predicted octanol–water partition coefficient (Wildman–Crippen LogP) is 2.63. The highest BCUT2D eigenvalue weighted by Gasteiger charge is 2.10. The summed E-state index contributed by atoms with van der Waals surface area (Å²) < 4.78 is 0. The van der Waals surface area contributed by atoms with Crippen LogP contribution in [0, 0.1) is 0 Å². The molecule has 0 heterocycles. The fourth-order valence-corrected chi connectivity index (χ4v) is 1.00. The second-order valence-corrected chi connectivity index (χ2v) is 3.01. The maximum absolute atomic E-state index is 9.41. The van der Waals surface area contributed by atoms with Gasteiger partial charge in [0.2, 0.25) is 0 Å². The Labute approximate surface area is 73.2 Å². The maximum Gasteiger partial charge on any atom is 0.0622 e. The molecule has 0 fully saturated rings. The molecule has 1 N–H and O–H groups in total. The Morgan fingerprint density at radius 1 is 1.50 bits per heavy atom. The molecule has 0 bridgehead atoms. The van der Waals surface area contributed by atoms with E-state index in [2.05, 4.69) is 16.9 Å². The van der Waals surface area contributed by atoms with E-state index in [1.54, 1.807) is 6.92 Å². The largest absolute Gasteiger partial charge is 0.393 e. The summed E-state index contributed by atoms with van der Waals surface area (Å²) in [5.74, 6) is 0. The van der Waals surface area contributed by atoms with Gasteiger partial charge in [-0.2, -0.15) is 0 Å². The van der Waals surface area contributed by atoms with Gasteiger partial charge in [-0.15, -0.1) is 0 Å². The van der Waals surface area contributed by atoms with E-state index in [9.17, 15) is 5.11 Å². The molecule has 2 atom stereocenters. The summed E-state index contributed by atoms with van der Waals surface area (Å²) >= 11 is 0. The fraction of sp³-hybridized carbons (Fsp3) is 1.00. The highest BCUT2D eigenvalue weighted by atomic mass is 16.3. The number of hydrogen-bond donors (Lipinski definition) is 1. The average Bonchev–Trinajstić information content (AvgIpc) is 2.05. The maximum atomic E-state index is 9.41. The number of hydrogen-bond acceptors (Lipinski definition) is 2. The topological polar surface area (TPSA) is 69.0 Å². The molecule has 0 radical (unpaired) electrons. The van der Waals surface area contributed by atoms with Gasteiger partial charge in [-0.05, 0) is 12.0 Å². The van der Waals surface area contributed by atoms with E-state index < -0.39 is 6.10 Å². The normalized spacial score (nSPS) is 14.9. The first kappa shape index (κ1) is 11.3. The molecule has 0 aliphatic heterocycles. The summed E-state index contributed by atoms with van der Waals surface area (Å²) in [6.45, 7) is 3.85. The second kappa shape index (κ2) is 6.95. The molecule has 0 saturated carbocycles. The summed E-state index contributed by atoms with van der Waals surface area (Å²) in [5.41, 5.74) is 8.10. The van der Waals surface area contributed by atoms with Crippen molar-refractivity contribution >= 4 is 0 Å². The van der Waals surface area contributed by atoms with Gasteiger partial charge in [-0.25, -0.2) is 0 Å². The summed E-state index contributed by atoms with van der Waals surface area (Å²) in [6.07, 6.45) is 3.52. The quantitative estimate of drug-likeness (QED) is 0.284. The zero-order valence-electron chi connectivity index (χ0n) is 7.77. The van der Waals surface area contributed by atoms with E-state index in [0.29, 0.717) is 0 Å². The molecule has 0 saturated heterocycles. The standard InChI is InChI=1S/C8H17N3O/c1-3-4-5-6-8(12)7(2)10-11-9/h7-8,12H,3-6H2,1-2H3/t7-,8-/m0/s1. The predicted molar refractivity (Wildman–Crippen MR) is 48.8 cm³/mol. The van der Waals surface area contributed by atoms with E-state index in [1.165, 1.54) is 0 Å². The van der Waals surface area contributed by atoms with Crippen molar-refractivity contribution in [1.82, 2.24) is 0 Å². The van der Waals surface area contributed by atoms with Gasteiger partial charge < -0.3 is 5.11 Å². The molecule has 12 heavy (non-hydrogen) atoms. The van der Waals surface area contributed by atoms with Crippen LogP contribution in [0.15, 0.2) is 5.11 Å². The van der Waals surface area contributed by atoms with Crippen LogP contribution < -0.4 is 0 Å². The van der Waals surface area contributed by atoms with Crippen molar-refractivity contribution in [1.29, 1.82) is 0 Å². The van der Waals surface area contributed by atoms with Gasteiger partial charge in [-0.3, -0.25) is 0 Å². The van der Waals surface area contributed by atoms with Crippen LogP contribution in [0.25, 0.3) is 10.4 Å². The molecular formula is C8H17N3O. The molecule has 0 spiro atoms. The van der Waals surface area contributed by atoms with E-state index in [-0.39, 0.29) is 6.04 Å². The van der Waals surface area contributed by atoms with Crippen LogP contribution in [0.3, 0.4) is 0 Å². The second-order valence-electron chi connectivity index (χ2n) is 3.01. The first-order valence-electron chi connectivity index (χ1n) is 4.44. The van der Waals surface area contributed by atoms with Crippen LogP contribution in [0.4, 0.5) is 0 Å². The first-order chi connectivity index (χ1) is 5.72. The average molecular weight is 171 g/mol.